The van der Waals surface area contributed by atoms with Crippen molar-refractivity contribution >= 4 is 32.6 Å². The van der Waals surface area contributed by atoms with Gasteiger partial charge in [0.1, 0.15) is 0 Å². The minimum atomic E-state index is 0.968. The molecule has 0 aliphatic rings. The lowest BCUT2D eigenvalue weighted by Gasteiger charge is -1.99. The van der Waals surface area contributed by atoms with Crippen molar-refractivity contribution in [1.29, 1.82) is 5.26 Å². The van der Waals surface area contributed by atoms with E-state index in [1.54, 1.807) is 4.57 Å². The Hall–Kier alpha value is -2.79. The molecule has 2 heteroatoms. The minimum absolute atomic E-state index is 0.968. The summed E-state index contributed by atoms with van der Waals surface area (Å²) in [5, 5.41) is 14.0. The van der Waals surface area contributed by atoms with Gasteiger partial charge in [0.15, 0.2) is 6.19 Å². The summed E-state index contributed by atoms with van der Waals surface area (Å²) < 4.78 is 1.71. The average Bonchev–Trinajstić information content (AvgIpc) is 2.78. The molecule has 4 rings (SSSR count). The van der Waals surface area contributed by atoms with Crippen molar-refractivity contribution in [1.82, 2.24) is 4.57 Å². The number of nitriles is 1. The smallest absolute Gasteiger partial charge is 0.189 e. The Balaban J connectivity index is 2.34. The lowest BCUT2D eigenvalue weighted by Crippen LogP contribution is -1.86. The molecule has 0 bridgehead atoms. The summed E-state index contributed by atoms with van der Waals surface area (Å²) in [7, 11) is 0. The summed E-state index contributed by atoms with van der Waals surface area (Å²) in [5.41, 5.74) is 1.94. The Labute approximate surface area is 110 Å². The first-order chi connectivity index (χ1) is 9.38. The van der Waals surface area contributed by atoms with Crippen LogP contribution in [0.5, 0.6) is 0 Å². The van der Waals surface area contributed by atoms with Gasteiger partial charge in [-0.1, -0.05) is 42.5 Å². The Kier molecular flexibility index (Phi) is 1.93. The van der Waals surface area contributed by atoms with Gasteiger partial charge in [-0.25, -0.2) is 4.57 Å². The molecule has 1 heterocycles. The van der Waals surface area contributed by atoms with Crippen LogP contribution in [0.15, 0.2) is 60.7 Å². The Bertz CT molecular complexity index is 971. The van der Waals surface area contributed by atoms with Crippen LogP contribution < -0.4 is 0 Å². The zero-order valence-corrected chi connectivity index (χ0v) is 10.2. The zero-order chi connectivity index (χ0) is 12.8. The van der Waals surface area contributed by atoms with Gasteiger partial charge < -0.3 is 0 Å². The maximum absolute atomic E-state index is 9.41. The Morgan fingerprint density at radius 3 is 2.21 bits per heavy atom. The van der Waals surface area contributed by atoms with Crippen LogP contribution in [0.3, 0.4) is 0 Å². The predicted molar refractivity (Wildman–Crippen MR) is 78.0 cm³/mol. The first kappa shape index (κ1) is 10.2. The molecular weight excluding hydrogens is 232 g/mol. The second-order valence-corrected chi connectivity index (χ2v) is 4.67. The predicted octanol–water partition coefficient (Wildman–Crippen LogP) is 4.28. The quantitative estimate of drug-likeness (QED) is 0.452. The second kappa shape index (κ2) is 3.60. The molecule has 0 radical (unpaired) electrons. The van der Waals surface area contributed by atoms with Gasteiger partial charge in [0, 0.05) is 10.8 Å². The lowest BCUT2D eigenvalue weighted by atomic mass is 10.1. The van der Waals surface area contributed by atoms with Gasteiger partial charge in [-0.3, -0.25) is 0 Å². The number of fused-ring (bicyclic) bond motifs is 4. The number of rotatable bonds is 0. The van der Waals surface area contributed by atoms with Gasteiger partial charge >= 0.3 is 0 Å². The molecule has 0 atom stereocenters. The minimum Gasteiger partial charge on any atom is -0.246 e. The van der Waals surface area contributed by atoms with E-state index >= 15 is 0 Å². The van der Waals surface area contributed by atoms with Crippen LogP contribution in [0.2, 0.25) is 0 Å². The van der Waals surface area contributed by atoms with Crippen molar-refractivity contribution in [3.8, 4) is 6.19 Å². The monoisotopic (exact) mass is 242 g/mol. The summed E-state index contributed by atoms with van der Waals surface area (Å²) in [6.07, 6.45) is 2.27. The van der Waals surface area contributed by atoms with Gasteiger partial charge in [-0.05, 0) is 29.0 Å². The fourth-order valence-electron chi connectivity index (χ4n) is 2.76. The van der Waals surface area contributed by atoms with Crippen molar-refractivity contribution in [3.05, 3.63) is 60.7 Å². The van der Waals surface area contributed by atoms with Crippen LogP contribution in [-0.2, 0) is 0 Å². The van der Waals surface area contributed by atoms with Gasteiger partial charge in [0.2, 0.25) is 0 Å². The molecule has 0 aliphatic heterocycles. The fourth-order valence-corrected chi connectivity index (χ4v) is 2.76. The highest BCUT2D eigenvalue weighted by Crippen LogP contribution is 2.31. The third-order valence-electron chi connectivity index (χ3n) is 3.64. The SMILES string of the molecule is N#Cn1c2ccccc2c2cc3ccccc3cc21. The Morgan fingerprint density at radius 1 is 0.737 bits per heavy atom. The highest BCUT2D eigenvalue weighted by molar-refractivity contribution is 6.13. The lowest BCUT2D eigenvalue weighted by molar-refractivity contribution is 1.20. The van der Waals surface area contributed by atoms with Crippen molar-refractivity contribution in [3.63, 3.8) is 0 Å². The van der Waals surface area contributed by atoms with E-state index in [9.17, 15) is 5.26 Å². The van der Waals surface area contributed by atoms with E-state index in [-0.39, 0.29) is 0 Å². The average molecular weight is 242 g/mol. The molecule has 19 heavy (non-hydrogen) atoms. The molecule has 0 N–H and O–H groups in total. The van der Waals surface area contributed by atoms with E-state index in [0.717, 1.165) is 27.2 Å². The third kappa shape index (κ3) is 1.30. The standard InChI is InChI=1S/C17H10N2/c18-11-19-16-8-4-3-7-14(16)15-9-12-5-1-2-6-13(12)10-17(15)19/h1-10H. The topological polar surface area (TPSA) is 28.7 Å². The van der Waals surface area contributed by atoms with Crippen LogP contribution >= 0.6 is 0 Å². The van der Waals surface area contributed by atoms with Crippen molar-refractivity contribution in [2.45, 2.75) is 0 Å². The number of para-hydroxylation sites is 1. The molecule has 0 saturated heterocycles. The molecule has 0 spiro atoms. The number of nitrogens with zero attached hydrogens (tertiary/aromatic N) is 2. The highest BCUT2D eigenvalue weighted by atomic mass is 15.0. The van der Waals surface area contributed by atoms with E-state index in [2.05, 4.69) is 36.5 Å². The molecule has 0 fully saturated rings. The van der Waals surface area contributed by atoms with E-state index in [0.29, 0.717) is 0 Å². The molecule has 4 aromatic rings. The zero-order valence-electron chi connectivity index (χ0n) is 10.2. The number of hydrogen-bond acceptors (Lipinski definition) is 1. The highest BCUT2D eigenvalue weighted by Gasteiger charge is 2.10. The number of hydrogen-bond donors (Lipinski definition) is 0. The number of benzene rings is 3. The summed E-state index contributed by atoms with van der Waals surface area (Å²) in [4.78, 5) is 0. The van der Waals surface area contributed by atoms with E-state index in [1.165, 1.54) is 5.39 Å². The van der Waals surface area contributed by atoms with Crippen LogP contribution in [0.1, 0.15) is 0 Å². The molecule has 0 saturated carbocycles. The molecule has 2 nitrogen and oxygen atoms in total. The van der Waals surface area contributed by atoms with Gasteiger partial charge in [0.25, 0.3) is 0 Å². The van der Waals surface area contributed by atoms with Crippen molar-refractivity contribution < 1.29 is 0 Å². The van der Waals surface area contributed by atoms with E-state index in [4.69, 9.17) is 0 Å². The molecule has 0 unspecified atom stereocenters. The maximum atomic E-state index is 9.41. The van der Waals surface area contributed by atoms with E-state index in [1.807, 2.05) is 30.3 Å². The van der Waals surface area contributed by atoms with Crippen LogP contribution in [0.25, 0.3) is 32.6 Å². The summed E-state index contributed by atoms with van der Waals surface area (Å²) in [5.74, 6) is 0. The van der Waals surface area contributed by atoms with Crippen molar-refractivity contribution in [2.75, 3.05) is 0 Å². The summed E-state index contributed by atoms with van der Waals surface area (Å²) in [6, 6.07) is 20.5. The Morgan fingerprint density at radius 2 is 1.42 bits per heavy atom. The maximum Gasteiger partial charge on any atom is 0.189 e. The fraction of sp³-hybridized carbons (Fsp3) is 0. The van der Waals surface area contributed by atoms with Gasteiger partial charge in [0.05, 0.1) is 11.0 Å². The molecule has 3 aromatic carbocycles. The number of aromatic nitrogens is 1. The van der Waals surface area contributed by atoms with E-state index < -0.39 is 0 Å². The van der Waals surface area contributed by atoms with Crippen LogP contribution in [-0.4, -0.2) is 4.57 Å². The summed E-state index contributed by atoms with van der Waals surface area (Å²) in [6.45, 7) is 0. The molecule has 0 aliphatic carbocycles. The molecule has 88 valence electrons. The van der Waals surface area contributed by atoms with Gasteiger partial charge in [-0.2, -0.15) is 5.26 Å². The largest absolute Gasteiger partial charge is 0.246 e. The molecular formula is C17H10N2. The molecule has 0 amide bonds. The summed E-state index contributed by atoms with van der Waals surface area (Å²) >= 11 is 0. The van der Waals surface area contributed by atoms with Crippen LogP contribution in [0.4, 0.5) is 0 Å². The second-order valence-electron chi connectivity index (χ2n) is 4.67. The molecule has 1 aromatic heterocycles. The van der Waals surface area contributed by atoms with Crippen molar-refractivity contribution in [2.24, 2.45) is 0 Å². The van der Waals surface area contributed by atoms with Gasteiger partial charge in [-0.15, -0.1) is 0 Å². The normalized spacial score (nSPS) is 11.1. The first-order valence-electron chi connectivity index (χ1n) is 6.20. The first-order valence-corrected chi connectivity index (χ1v) is 6.20. The van der Waals surface area contributed by atoms with Crippen LogP contribution in [0, 0.1) is 11.5 Å². The third-order valence-corrected chi connectivity index (χ3v) is 3.64.